The van der Waals surface area contributed by atoms with Gasteiger partial charge in [0.25, 0.3) is 0 Å². The van der Waals surface area contributed by atoms with E-state index in [0.717, 1.165) is 5.39 Å². The van der Waals surface area contributed by atoms with E-state index in [9.17, 15) is 4.79 Å². The Hall–Kier alpha value is -1.28. The molecule has 66 valence electrons. The van der Waals surface area contributed by atoms with Gasteiger partial charge in [0.1, 0.15) is 5.58 Å². The van der Waals surface area contributed by atoms with Crippen LogP contribution in [0.15, 0.2) is 28.9 Å². The minimum Gasteiger partial charge on any atom is -0.464 e. The monoisotopic (exact) mass is 194 g/mol. The summed E-state index contributed by atoms with van der Waals surface area (Å²) in [4.78, 5) is 11.1. The SMILES string of the molecule is CC(=O)c1ccc2occc2c1Cl. The number of hydrogen-bond acceptors (Lipinski definition) is 2. The normalized spacial score (nSPS) is 10.6. The van der Waals surface area contributed by atoms with E-state index in [2.05, 4.69) is 0 Å². The van der Waals surface area contributed by atoms with E-state index in [-0.39, 0.29) is 5.78 Å². The standard InChI is InChI=1S/C10H7ClO2/c1-6(12)7-2-3-9-8(10(7)11)4-5-13-9/h2-5H,1H3. The minimum atomic E-state index is -0.0342. The molecule has 1 heterocycles. The molecule has 0 saturated heterocycles. The van der Waals surface area contributed by atoms with E-state index < -0.39 is 0 Å². The lowest BCUT2D eigenvalue weighted by atomic mass is 10.1. The van der Waals surface area contributed by atoms with Crippen LogP contribution in [0.2, 0.25) is 5.02 Å². The van der Waals surface area contributed by atoms with Gasteiger partial charge in [-0.3, -0.25) is 4.79 Å². The van der Waals surface area contributed by atoms with Crippen molar-refractivity contribution in [1.82, 2.24) is 0 Å². The molecule has 0 N–H and O–H groups in total. The van der Waals surface area contributed by atoms with Crippen molar-refractivity contribution in [2.45, 2.75) is 6.92 Å². The Balaban J connectivity index is 2.80. The highest BCUT2D eigenvalue weighted by molar-refractivity contribution is 6.38. The average Bonchev–Trinajstić information content (AvgIpc) is 2.52. The van der Waals surface area contributed by atoms with Crippen molar-refractivity contribution in [3.8, 4) is 0 Å². The third-order valence-corrected chi connectivity index (χ3v) is 2.36. The molecule has 0 radical (unpaired) electrons. The number of carbonyl (C=O) groups excluding carboxylic acids is 1. The summed E-state index contributed by atoms with van der Waals surface area (Å²) < 4.78 is 5.14. The molecule has 0 unspecified atom stereocenters. The predicted molar refractivity (Wildman–Crippen MR) is 51.2 cm³/mol. The maximum Gasteiger partial charge on any atom is 0.161 e. The van der Waals surface area contributed by atoms with Crippen LogP contribution in [-0.4, -0.2) is 5.78 Å². The number of benzene rings is 1. The fourth-order valence-electron chi connectivity index (χ4n) is 1.28. The lowest BCUT2D eigenvalue weighted by molar-refractivity contribution is 0.101. The summed E-state index contributed by atoms with van der Waals surface area (Å²) in [6.45, 7) is 1.49. The van der Waals surface area contributed by atoms with Crippen LogP contribution in [0, 0.1) is 0 Å². The van der Waals surface area contributed by atoms with Crippen LogP contribution in [0.4, 0.5) is 0 Å². The quantitative estimate of drug-likeness (QED) is 0.652. The molecule has 0 fully saturated rings. The lowest BCUT2D eigenvalue weighted by Crippen LogP contribution is -1.92. The summed E-state index contributed by atoms with van der Waals surface area (Å²) in [6.07, 6.45) is 1.56. The van der Waals surface area contributed by atoms with Gasteiger partial charge >= 0.3 is 0 Å². The van der Waals surface area contributed by atoms with Crippen LogP contribution in [0.25, 0.3) is 11.0 Å². The number of ketones is 1. The second-order valence-corrected chi connectivity index (χ2v) is 3.19. The van der Waals surface area contributed by atoms with E-state index in [0.29, 0.717) is 16.2 Å². The first kappa shape index (κ1) is 8.32. The molecule has 13 heavy (non-hydrogen) atoms. The first-order valence-corrected chi connectivity index (χ1v) is 4.24. The summed E-state index contributed by atoms with van der Waals surface area (Å²) in [5.41, 5.74) is 1.24. The highest BCUT2D eigenvalue weighted by Gasteiger charge is 2.10. The zero-order valence-corrected chi connectivity index (χ0v) is 7.76. The van der Waals surface area contributed by atoms with Gasteiger partial charge in [0.2, 0.25) is 0 Å². The Kier molecular flexibility index (Phi) is 1.85. The maximum absolute atomic E-state index is 11.1. The smallest absolute Gasteiger partial charge is 0.161 e. The fraction of sp³-hybridized carbons (Fsp3) is 0.100. The highest BCUT2D eigenvalue weighted by Crippen LogP contribution is 2.28. The van der Waals surface area contributed by atoms with Gasteiger partial charge in [0.15, 0.2) is 5.78 Å². The Morgan fingerprint density at radius 3 is 2.85 bits per heavy atom. The summed E-state index contributed by atoms with van der Waals surface area (Å²) in [5.74, 6) is -0.0342. The van der Waals surface area contributed by atoms with E-state index in [1.54, 1.807) is 24.5 Å². The van der Waals surface area contributed by atoms with Crippen molar-refractivity contribution in [1.29, 1.82) is 0 Å². The third-order valence-electron chi connectivity index (χ3n) is 1.95. The second kappa shape index (κ2) is 2.89. The molecule has 1 aromatic carbocycles. The van der Waals surface area contributed by atoms with Crippen LogP contribution in [0.5, 0.6) is 0 Å². The van der Waals surface area contributed by atoms with Crippen molar-refractivity contribution in [3.05, 3.63) is 35.0 Å². The first-order valence-electron chi connectivity index (χ1n) is 3.87. The Morgan fingerprint density at radius 2 is 2.15 bits per heavy atom. The molecule has 0 saturated carbocycles. The van der Waals surface area contributed by atoms with E-state index in [4.69, 9.17) is 16.0 Å². The van der Waals surface area contributed by atoms with Crippen molar-refractivity contribution in [2.75, 3.05) is 0 Å². The molecule has 0 atom stereocenters. The van der Waals surface area contributed by atoms with Crippen molar-refractivity contribution >= 4 is 28.4 Å². The summed E-state index contributed by atoms with van der Waals surface area (Å²) >= 11 is 6.00. The summed E-state index contributed by atoms with van der Waals surface area (Å²) in [6, 6.07) is 5.18. The Morgan fingerprint density at radius 1 is 1.38 bits per heavy atom. The molecule has 0 aliphatic heterocycles. The second-order valence-electron chi connectivity index (χ2n) is 2.82. The average molecular weight is 195 g/mol. The van der Waals surface area contributed by atoms with Crippen LogP contribution < -0.4 is 0 Å². The highest BCUT2D eigenvalue weighted by atomic mass is 35.5. The topological polar surface area (TPSA) is 30.2 Å². The van der Waals surface area contributed by atoms with Crippen LogP contribution in [-0.2, 0) is 0 Å². The van der Waals surface area contributed by atoms with Crippen LogP contribution in [0.3, 0.4) is 0 Å². The summed E-state index contributed by atoms with van der Waals surface area (Å²) in [7, 11) is 0. The van der Waals surface area contributed by atoms with Gasteiger partial charge in [-0.2, -0.15) is 0 Å². The van der Waals surface area contributed by atoms with E-state index in [1.165, 1.54) is 6.92 Å². The number of hydrogen-bond donors (Lipinski definition) is 0. The number of halogens is 1. The fourth-order valence-corrected chi connectivity index (χ4v) is 1.63. The van der Waals surface area contributed by atoms with Crippen molar-refractivity contribution in [3.63, 3.8) is 0 Å². The molecular weight excluding hydrogens is 188 g/mol. The van der Waals surface area contributed by atoms with Gasteiger partial charge in [-0.05, 0) is 25.1 Å². The molecule has 0 spiro atoms. The van der Waals surface area contributed by atoms with Crippen molar-refractivity contribution in [2.24, 2.45) is 0 Å². The van der Waals surface area contributed by atoms with Crippen LogP contribution in [0.1, 0.15) is 17.3 Å². The predicted octanol–water partition coefficient (Wildman–Crippen LogP) is 3.29. The molecule has 0 aliphatic rings. The van der Waals surface area contributed by atoms with Gasteiger partial charge in [0.05, 0.1) is 11.3 Å². The molecule has 3 heteroatoms. The van der Waals surface area contributed by atoms with Crippen molar-refractivity contribution < 1.29 is 9.21 Å². The summed E-state index contributed by atoms with van der Waals surface area (Å²) in [5, 5.41) is 1.26. The number of Topliss-reactive ketones (excluding diaryl/α,β-unsaturated/α-hetero) is 1. The minimum absolute atomic E-state index is 0.0342. The third kappa shape index (κ3) is 1.23. The number of carbonyl (C=O) groups is 1. The molecule has 0 aliphatic carbocycles. The van der Waals surface area contributed by atoms with Crippen LogP contribution >= 0.6 is 11.6 Å². The zero-order chi connectivity index (χ0) is 9.42. The molecular formula is C10H7ClO2. The lowest BCUT2D eigenvalue weighted by Gasteiger charge is -1.99. The Labute approximate surface area is 80.1 Å². The zero-order valence-electron chi connectivity index (χ0n) is 7.00. The van der Waals surface area contributed by atoms with E-state index >= 15 is 0 Å². The maximum atomic E-state index is 11.1. The molecule has 0 bridgehead atoms. The van der Waals surface area contributed by atoms with Gasteiger partial charge in [-0.15, -0.1) is 0 Å². The first-order chi connectivity index (χ1) is 6.20. The molecule has 2 rings (SSSR count). The van der Waals surface area contributed by atoms with E-state index in [1.807, 2.05) is 0 Å². The van der Waals surface area contributed by atoms with Gasteiger partial charge in [-0.1, -0.05) is 11.6 Å². The Bertz CT molecular complexity index is 471. The van der Waals surface area contributed by atoms with Gasteiger partial charge in [0, 0.05) is 10.9 Å². The molecule has 2 aromatic rings. The number of rotatable bonds is 1. The number of furan rings is 1. The van der Waals surface area contributed by atoms with Gasteiger partial charge in [-0.25, -0.2) is 0 Å². The largest absolute Gasteiger partial charge is 0.464 e. The molecule has 2 nitrogen and oxygen atoms in total. The molecule has 0 amide bonds. The molecule has 1 aromatic heterocycles. The number of fused-ring (bicyclic) bond motifs is 1. The van der Waals surface area contributed by atoms with Gasteiger partial charge < -0.3 is 4.42 Å².